The Hall–Kier alpha value is -1.18. The fourth-order valence-corrected chi connectivity index (χ4v) is 8.53. The maximum absolute atomic E-state index is 12.5. The molecule has 1 aliphatic rings. The van der Waals surface area contributed by atoms with Crippen LogP contribution in [0, 0.1) is 11.8 Å². The van der Waals surface area contributed by atoms with E-state index in [1.807, 2.05) is 0 Å². The number of carbonyl (C=O) groups is 2. The van der Waals surface area contributed by atoms with Crippen molar-refractivity contribution in [2.24, 2.45) is 11.8 Å². The molecule has 1 saturated heterocycles. The second-order valence-corrected chi connectivity index (χ2v) is 18.5. The lowest BCUT2D eigenvalue weighted by Gasteiger charge is -2.27. The minimum absolute atomic E-state index is 0.00552. The highest BCUT2D eigenvalue weighted by molar-refractivity contribution is 5.72. The zero-order chi connectivity index (χ0) is 43.6. The van der Waals surface area contributed by atoms with Gasteiger partial charge < -0.3 is 24.4 Å². The minimum Gasteiger partial charge on any atom is -0.465 e. The predicted octanol–water partition coefficient (Wildman–Crippen LogP) is 14.3. The molecule has 1 heterocycles. The molecule has 7 nitrogen and oxygen atoms in total. The Balaban J connectivity index is 0.00000135. The number of nitrogens with zero attached hydrogens (tertiary/aromatic N) is 2. The standard InChI is InChI=1S/C33H66N2O3.C19H38O2/c1-5-8-10-12-13-16-21-30(20-15-11-9-6-2)29-38-33(37)23-17-14-18-26-35(28-32(36)7-3)27-24-31-22-19-25-34(31)4;1-4-7-9-11-12-14-16-18(15-13-10-8-5-2)19(20)21-17-6-3/h30-32,36H,5-29H2,1-4H3;18H,4-17H2,1-3H3. The number of hydrogen-bond donors (Lipinski definition) is 1. The molecule has 0 aromatic heterocycles. The van der Waals surface area contributed by atoms with E-state index in [-0.39, 0.29) is 24.0 Å². The van der Waals surface area contributed by atoms with E-state index in [1.165, 1.54) is 167 Å². The van der Waals surface area contributed by atoms with Crippen molar-refractivity contribution < 1.29 is 24.2 Å². The van der Waals surface area contributed by atoms with Gasteiger partial charge >= 0.3 is 11.9 Å². The maximum atomic E-state index is 12.5. The molecule has 1 fully saturated rings. The highest BCUT2D eigenvalue weighted by Crippen LogP contribution is 2.22. The van der Waals surface area contributed by atoms with Gasteiger partial charge in [-0.3, -0.25) is 9.59 Å². The van der Waals surface area contributed by atoms with Crippen molar-refractivity contribution >= 4 is 11.9 Å². The van der Waals surface area contributed by atoms with Gasteiger partial charge in [-0.2, -0.15) is 0 Å². The van der Waals surface area contributed by atoms with Gasteiger partial charge in [-0.25, -0.2) is 0 Å². The van der Waals surface area contributed by atoms with E-state index in [2.05, 4.69) is 58.4 Å². The number of aliphatic hydroxyl groups is 1. The molecular formula is C52H104N2O5. The summed E-state index contributed by atoms with van der Waals surface area (Å²) in [5.74, 6) is 0.745. The molecule has 0 aliphatic carbocycles. The molecule has 352 valence electrons. The lowest BCUT2D eigenvalue weighted by Crippen LogP contribution is -2.37. The molecule has 4 atom stereocenters. The largest absolute Gasteiger partial charge is 0.465 e. The third-order valence-electron chi connectivity index (χ3n) is 12.8. The van der Waals surface area contributed by atoms with Gasteiger partial charge in [-0.15, -0.1) is 0 Å². The molecule has 0 aromatic carbocycles. The van der Waals surface area contributed by atoms with Crippen molar-refractivity contribution in [2.75, 3.05) is 46.4 Å². The summed E-state index contributed by atoms with van der Waals surface area (Å²) in [6.45, 7) is 18.4. The first-order valence-electron chi connectivity index (χ1n) is 26.2. The number of aliphatic hydroxyl groups excluding tert-OH is 1. The number of esters is 2. The van der Waals surface area contributed by atoms with Crippen molar-refractivity contribution in [3.05, 3.63) is 0 Å². The monoisotopic (exact) mass is 837 g/mol. The molecule has 1 aliphatic heterocycles. The van der Waals surface area contributed by atoms with Crippen LogP contribution in [0.2, 0.25) is 0 Å². The summed E-state index contributed by atoms with van der Waals surface area (Å²) < 4.78 is 11.1. The summed E-state index contributed by atoms with van der Waals surface area (Å²) in [6, 6.07) is 0.697. The maximum Gasteiger partial charge on any atom is 0.308 e. The van der Waals surface area contributed by atoms with Crippen molar-refractivity contribution in [3.8, 4) is 0 Å². The Labute approximate surface area is 368 Å². The second-order valence-electron chi connectivity index (χ2n) is 18.5. The lowest BCUT2D eigenvalue weighted by molar-refractivity contribution is -0.149. The molecule has 4 unspecified atom stereocenters. The van der Waals surface area contributed by atoms with Gasteiger partial charge in [-0.05, 0) is 103 Å². The summed E-state index contributed by atoms with van der Waals surface area (Å²) in [7, 11) is 2.24. The van der Waals surface area contributed by atoms with Gasteiger partial charge in [0.05, 0.1) is 25.2 Å². The van der Waals surface area contributed by atoms with Gasteiger partial charge in [0, 0.05) is 19.0 Å². The van der Waals surface area contributed by atoms with Crippen LogP contribution in [0.4, 0.5) is 0 Å². The van der Waals surface area contributed by atoms with E-state index in [0.717, 1.165) is 64.6 Å². The Morgan fingerprint density at radius 1 is 0.627 bits per heavy atom. The van der Waals surface area contributed by atoms with Crippen molar-refractivity contribution in [3.63, 3.8) is 0 Å². The lowest BCUT2D eigenvalue weighted by atomic mass is 9.94. The van der Waals surface area contributed by atoms with Gasteiger partial charge in [0.2, 0.25) is 0 Å². The molecule has 0 amide bonds. The number of ether oxygens (including phenoxy) is 2. The van der Waals surface area contributed by atoms with Crippen LogP contribution in [0.25, 0.3) is 0 Å². The third kappa shape index (κ3) is 36.1. The van der Waals surface area contributed by atoms with Crippen LogP contribution in [0.3, 0.4) is 0 Å². The smallest absolute Gasteiger partial charge is 0.308 e. The first kappa shape index (κ1) is 57.8. The Morgan fingerprint density at radius 2 is 1.14 bits per heavy atom. The van der Waals surface area contributed by atoms with E-state index in [0.29, 0.717) is 31.6 Å². The van der Waals surface area contributed by atoms with Crippen LogP contribution in [0.1, 0.15) is 253 Å². The van der Waals surface area contributed by atoms with Crippen LogP contribution in [-0.4, -0.2) is 85.4 Å². The predicted molar refractivity (Wildman–Crippen MR) is 254 cm³/mol. The summed E-state index contributed by atoms with van der Waals surface area (Å²) >= 11 is 0. The summed E-state index contributed by atoms with van der Waals surface area (Å²) in [4.78, 5) is 29.5. The molecule has 1 rings (SSSR count). The van der Waals surface area contributed by atoms with Gasteiger partial charge in [0.1, 0.15) is 0 Å². The van der Waals surface area contributed by atoms with Crippen LogP contribution >= 0.6 is 0 Å². The first-order valence-corrected chi connectivity index (χ1v) is 26.2. The topological polar surface area (TPSA) is 79.3 Å². The van der Waals surface area contributed by atoms with Crippen LogP contribution in [0.5, 0.6) is 0 Å². The van der Waals surface area contributed by atoms with Gasteiger partial charge in [0.15, 0.2) is 0 Å². The SMILES string of the molecule is CCCCCCCCC(CCCCCC)C(=O)OCCC.CCCCCCCCC(CCCCCC)COC(=O)CCCCCN(CCC1CCCN1C)CC(O)CC. The molecule has 0 radical (unpaired) electrons. The van der Waals surface area contributed by atoms with Gasteiger partial charge in [0.25, 0.3) is 0 Å². The average Bonchev–Trinajstić information content (AvgIpc) is 3.66. The molecule has 59 heavy (non-hydrogen) atoms. The quantitative estimate of drug-likeness (QED) is 0.0485. The van der Waals surface area contributed by atoms with E-state index in [4.69, 9.17) is 9.47 Å². The second kappa shape index (κ2) is 43.5. The molecule has 7 heteroatoms. The third-order valence-corrected chi connectivity index (χ3v) is 12.8. The van der Waals surface area contributed by atoms with E-state index >= 15 is 0 Å². The number of unbranched alkanes of at least 4 members (excludes halogenated alkanes) is 18. The molecule has 1 N–H and O–H groups in total. The normalized spacial score (nSPS) is 15.8. The van der Waals surface area contributed by atoms with E-state index < -0.39 is 0 Å². The Bertz CT molecular complexity index is 902. The van der Waals surface area contributed by atoms with Crippen LogP contribution in [-0.2, 0) is 19.1 Å². The Morgan fingerprint density at radius 3 is 1.64 bits per heavy atom. The van der Waals surface area contributed by atoms with E-state index in [9.17, 15) is 14.7 Å². The minimum atomic E-state index is -0.238. The summed E-state index contributed by atoms with van der Waals surface area (Å²) in [5.41, 5.74) is 0. The molecule has 0 saturated carbocycles. The summed E-state index contributed by atoms with van der Waals surface area (Å²) in [6.07, 6.45) is 39.2. The van der Waals surface area contributed by atoms with Crippen molar-refractivity contribution in [2.45, 2.75) is 266 Å². The molecule has 0 aromatic rings. The average molecular weight is 837 g/mol. The number of rotatable bonds is 41. The first-order chi connectivity index (χ1) is 28.8. The van der Waals surface area contributed by atoms with Crippen LogP contribution < -0.4 is 0 Å². The number of likely N-dealkylation sites (tertiary alicyclic amines) is 1. The number of carbonyl (C=O) groups excluding carboxylic acids is 2. The van der Waals surface area contributed by atoms with Gasteiger partial charge in [-0.1, -0.05) is 176 Å². The molecular weight excluding hydrogens is 733 g/mol. The van der Waals surface area contributed by atoms with E-state index in [1.54, 1.807) is 0 Å². The highest BCUT2D eigenvalue weighted by atomic mass is 16.5. The van der Waals surface area contributed by atoms with Crippen LogP contribution in [0.15, 0.2) is 0 Å². The van der Waals surface area contributed by atoms with Crippen molar-refractivity contribution in [1.29, 1.82) is 0 Å². The zero-order valence-corrected chi connectivity index (χ0v) is 40.9. The molecule has 0 bridgehead atoms. The highest BCUT2D eigenvalue weighted by Gasteiger charge is 2.22. The summed E-state index contributed by atoms with van der Waals surface area (Å²) in [5, 5.41) is 10.2. The zero-order valence-electron chi connectivity index (χ0n) is 40.9. The fourth-order valence-electron chi connectivity index (χ4n) is 8.53. The fraction of sp³-hybridized carbons (Fsp3) is 0.962. The number of hydrogen-bond acceptors (Lipinski definition) is 7. The van der Waals surface area contributed by atoms with Crippen molar-refractivity contribution in [1.82, 2.24) is 9.80 Å². The Kier molecular flexibility index (Phi) is 42.6. The molecule has 0 spiro atoms.